The summed E-state index contributed by atoms with van der Waals surface area (Å²) >= 11 is 0. The van der Waals surface area contributed by atoms with Gasteiger partial charge in [0.25, 0.3) is 0 Å². The third-order valence-electron chi connectivity index (χ3n) is 2.33. The smallest absolute Gasteiger partial charge is 0.408 e. The standard InChI is InChI=1S/C14H21N3O3/c1-14(2,3)20-13(19)16-9-12(18)17(4)10-11-7-5-6-8-15-11/h5-8H,9-10H2,1-4H3,(H,16,19). The van der Waals surface area contributed by atoms with Gasteiger partial charge in [0, 0.05) is 13.2 Å². The van der Waals surface area contributed by atoms with Crippen LogP contribution < -0.4 is 5.32 Å². The van der Waals surface area contributed by atoms with Crippen molar-refractivity contribution in [2.75, 3.05) is 13.6 Å². The first-order valence-corrected chi connectivity index (χ1v) is 6.38. The van der Waals surface area contributed by atoms with Crippen molar-refractivity contribution < 1.29 is 14.3 Å². The number of carbonyl (C=O) groups excluding carboxylic acids is 2. The maximum absolute atomic E-state index is 11.8. The normalized spacial score (nSPS) is 10.8. The van der Waals surface area contributed by atoms with E-state index < -0.39 is 11.7 Å². The fourth-order valence-corrected chi connectivity index (χ4v) is 1.42. The van der Waals surface area contributed by atoms with Gasteiger partial charge in [-0.2, -0.15) is 0 Å². The molecule has 0 radical (unpaired) electrons. The third kappa shape index (κ3) is 6.17. The molecule has 2 amide bonds. The van der Waals surface area contributed by atoms with E-state index in [0.717, 1.165) is 5.69 Å². The molecule has 1 N–H and O–H groups in total. The molecule has 0 atom stereocenters. The Bertz CT molecular complexity index is 454. The van der Waals surface area contributed by atoms with Crippen molar-refractivity contribution >= 4 is 12.0 Å². The first-order chi connectivity index (χ1) is 9.28. The van der Waals surface area contributed by atoms with Crippen LogP contribution in [0, 0.1) is 0 Å². The van der Waals surface area contributed by atoms with Gasteiger partial charge in [-0.25, -0.2) is 4.79 Å². The summed E-state index contributed by atoms with van der Waals surface area (Å²) in [5, 5.41) is 2.43. The lowest BCUT2D eigenvalue weighted by molar-refractivity contribution is -0.129. The van der Waals surface area contributed by atoms with Crippen LogP contribution in [0.15, 0.2) is 24.4 Å². The van der Waals surface area contributed by atoms with Crippen molar-refractivity contribution in [1.29, 1.82) is 0 Å². The van der Waals surface area contributed by atoms with E-state index in [1.807, 2.05) is 18.2 Å². The number of hydrogen-bond acceptors (Lipinski definition) is 4. The van der Waals surface area contributed by atoms with Crippen LogP contribution in [0.25, 0.3) is 0 Å². The monoisotopic (exact) mass is 279 g/mol. The molecule has 1 aromatic heterocycles. The molecule has 0 unspecified atom stereocenters. The Morgan fingerprint density at radius 3 is 2.60 bits per heavy atom. The summed E-state index contributed by atoms with van der Waals surface area (Å²) in [5.41, 5.74) is 0.216. The molecule has 0 saturated heterocycles. The predicted molar refractivity (Wildman–Crippen MR) is 74.9 cm³/mol. The molecule has 0 fully saturated rings. The molecule has 0 aliphatic heterocycles. The maximum atomic E-state index is 11.8. The zero-order valence-corrected chi connectivity index (χ0v) is 12.3. The Kier molecular flexibility index (Phi) is 5.49. The van der Waals surface area contributed by atoms with Crippen molar-refractivity contribution in [3.8, 4) is 0 Å². The van der Waals surface area contributed by atoms with E-state index in [9.17, 15) is 9.59 Å². The second kappa shape index (κ2) is 6.88. The van der Waals surface area contributed by atoms with Crippen LogP contribution in [0.4, 0.5) is 4.79 Å². The highest BCUT2D eigenvalue weighted by Crippen LogP contribution is 2.06. The summed E-state index contributed by atoms with van der Waals surface area (Å²) in [5.74, 6) is -0.207. The quantitative estimate of drug-likeness (QED) is 0.908. The van der Waals surface area contributed by atoms with Gasteiger partial charge in [-0.1, -0.05) is 6.07 Å². The number of likely N-dealkylation sites (N-methyl/N-ethyl adjacent to an activating group) is 1. The summed E-state index contributed by atoms with van der Waals surface area (Å²) in [4.78, 5) is 28.9. The van der Waals surface area contributed by atoms with Crippen molar-refractivity contribution in [3.05, 3.63) is 30.1 Å². The second-order valence-electron chi connectivity index (χ2n) is 5.43. The van der Waals surface area contributed by atoms with Crippen molar-refractivity contribution in [2.24, 2.45) is 0 Å². The first kappa shape index (κ1) is 15.9. The van der Waals surface area contributed by atoms with Gasteiger partial charge in [0.1, 0.15) is 12.1 Å². The lowest BCUT2D eigenvalue weighted by atomic mass is 10.2. The Hall–Kier alpha value is -2.11. The molecule has 0 aliphatic rings. The maximum Gasteiger partial charge on any atom is 0.408 e. The van der Waals surface area contributed by atoms with Gasteiger partial charge in [0.05, 0.1) is 12.2 Å². The number of amides is 2. The van der Waals surface area contributed by atoms with Crippen LogP contribution in [0.2, 0.25) is 0 Å². The van der Waals surface area contributed by atoms with Crippen molar-refractivity contribution in [1.82, 2.24) is 15.2 Å². The van der Waals surface area contributed by atoms with Gasteiger partial charge in [-0.3, -0.25) is 9.78 Å². The molecule has 110 valence electrons. The topological polar surface area (TPSA) is 71.5 Å². The Labute approximate surface area is 119 Å². The predicted octanol–water partition coefficient (Wildman–Crippen LogP) is 1.56. The number of rotatable bonds is 4. The van der Waals surface area contributed by atoms with Crippen LogP contribution in [0.1, 0.15) is 26.5 Å². The summed E-state index contributed by atoms with van der Waals surface area (Å²) < 4.78 is 5.05. The molecule has 0 saturated carbocycles. The fourth-order valence-electron chi connectivity index (χ4n) is 1.42. The lowest BCUT2D eigenvalue weighted by Crippen LogP contribution is -2.40. The molecule has 1 heterocycles. The third-order valence-corrected chi connectivity index (χ3v) is 2.33. The SMILES string of the molecule is CN(Cc1ccccn1)C(=O)CNC(=O)OC(C)(C)C. The van der Waals surface area contributed by atoms with Crippen LogP contribution in [-0.2, 0) is 16.1 Å². The van der Waals surface area contributed by atoms with Gasteiger partial charge in [0.15, 0.2) is 0 Å². The fraction of sp³-hybridized carbons (Fsp3) is 0.500. The minimum atomic E-state index is -0.600. The number of nitrogens with zero attached hydrogens (tertiary/aromatic N) is 2. The highest BCUT2D eigenvalue weighted by atomic mass is 16.6. The van der Waals surface area contributed by atoms with Gasteiger partial charge < -0.3 is 15.0 Å². The van der Waals surface area contributed by atoms with E-state index in [1.54, 1.807) is 34.0 Å². The molecule has 0 aromatic carbocycles. The number of ether oxygens (including phenoxy) is 1. The molecule has 0 spiro atoms. The molecular weight excluding hydrogens is 258 g/mol. The average Bonchev–Trinajstić information content (AvgIpc) is 2.35. The largest absolute Gasteiger partial charge is 0.444 e. The summed E-state index contributed by atoms with van der Waals surface area (Å²) in [6.45, 7) is 5.60. The summed E-state index contributed by atoms with van der Waals surface area (Å²) in [7, 11) is 1.66. The van der Waals surface area contributed by atoms with Crippen molar-refractivity contribution in [3.63, 3.8) is 0 Å². The van der Waals surface area contributed by atoms with E-state index in [-0.39, 0.29) is 12.5 Å². The molecule has 6 heteroatoms. The van der Waals surface area contributed by atoms with Gasteiger partial charge in [-0.15, -0.1) is 0 Å². The number of pyridine rings is 1. The zero-order valence-electron chi connectivity index (χ0n) is 12.3. The molecule has 6 nitrogen and oxygen atoms in total. The molecule has 0 bridgehead atoms. The minimum absolute atomic E-state index is 0.0990. The van der Waals surface area contributed by atoms with E-state index in [1.165, 1.54) is 4.90 Å². The highest BCUT2D eigenvalue weighted by molar-refractivity contribution is 5.82. The van der Waals surface area contributed by atoms with Crippen molar-refractivity contribution in [2.45, 2.75) is 32.9 Å². The molecule has 20 heavy (non-hydrogen) atoms. The number of aromatic nitrogens is 1. The molecule has 0 aliphatic carbocycles. The van der Waals surface area contributed by atoms with E-state index in [4.69, 9.17) is 4.74 Å². The molecular formula is C14H21N3O3. The number of hydrogen-bond donors (Lipinski definition) is 1. The Morgan fingerprint density at radius 1 is 1.35 bits per heavy atom. The van der Waals surface area contributed by atoms with Gasteiger partial charge in [-0.05, 0) is 32.9 Å². The van der Waals surface area contributed by atoms with E-state index in [2.05, 4.69) is 10.3 Å². The van der Waals surface area contributed by atoms with E-state index >= 15 is 0 Å². The van der Waals surface area contributed by atoms with Crippen LogP contribution in [-0.4, -0.2) is 41.1 Å². The van der Waals surface area contributed by atoms with Crippen LogP contribution in [0.5, 0.6) is 0 Å². The second-order valence-corrected chi connectivity index (χ2v) is 5.43. The van der Waals surface area contributed by atoms with E-state index in [0.29, 0.717) is 6.54 Å². The summed E-state index contributed by atoms with van der Waals surface area (Å²) in [6, 6.07) is 5.51. The summed E-state index contributed by atoms with van der Waals surface area (Å²) in [6.07, 6.45) is 1.07. The highest BCUT2D eigenvalue weighted by Gasteiger charge is 2.17. The minimum Gasteiger partial charge on any atom is -0.444 e. The zero-order chi connectivity index (χ0) is 15.2. The number of carbonyl (C=O) groups is 2. The first-order valence-electron chi connectivity index (χ1n) is 6.38. The molecule has 1 rings (SSSR count). The number of alkyl carbamates (subject to hydrolysis) is 1. The van der Waals surface area contributed by atoms with Crippen LogP contribution in [0.3, 0.4) is 0 Å². The Morgan fingerprint density at radius 2 is 2.05 bits per heavy atom. The average molecular weight is 279 g/mol. The molecule has 1 aromatic rings. The lowest BCUT2D eigenvalue weighted by Gasteiger charge is -2.21. The Balaban J connectivity index is 2.37. The van der Waals surface area contributed by atoms with Gasteiger partial charge >= 0.3 is 6.09 Å². The van der Waals surface area contributed by atoms with Gasteiger partial charge in [0.2, 0.25) is 5.91 Å². The van der Waals surface area contributed by atoms with Crippen LogP contribution >= 0.6 is 0 Å². The number of nitrogens with one attached hydrogen (secondary N) is 1.